The zero-order valence-electron chi connectivity index (χ0n) is 12.0. The van der Waals surface area contributed by atoms with Gasteiger partial charge in [0.1, 0.15) is 0 Å². The summed E-state index contributed by atoms with van der Waals surface area (Å²) >= 11 is 6.67. The van der Waals surface area contributed by atoms with E-state index in [4.69, 9.17) is 12.2 Å². The topological polar surface area (TPSA) is 54.2 Å². The number of nitrogens with zero attached hydrogens (tertiary/aromatic N) is 3. The predicted molar refractivity (Wildman–Crippen MR) is 92.4 cm³/mol. The molecule has 5 nitrogen and oxygen atoms in total. The molecule has 2 aromatic heterocycles. The SMILES string of the molecule is C=CCNC(=S)N/N=C\c1cc(C)n(-c2nccs2)c1C. The number of hydrogen-bond donors (Lipinski definition) is 2. The van der Waals surface area contributed by atoms with E-state index in [1.165, 1.54) is 0 Å². The van der Waals surface area contributed by atoms with Gasteiger partial charge in [-0.05, 0) is 32.1 Å². The highest BCUT2D eigenvalue weighted by Crippen LogP contribution is 2.20. The van der Waals surface area contributed by atoms with Crippen LogP contribution in [0, 0.1) is 13.8 Å². The normalized spacial score (nSPS) is 10.8. The summed E-state index contributed by atoms with van der Waals surface area (Å²) in [5.74, 6) is 0. The lowest BCUT2D eigenvalue weighted by atomic mass is 10.3. The molecule has 0 atom stereocenters. The third-order valence-electron chi connectivity index (χ3n) is 2.86. The van der Waals surface area contributed by atoms with E-state index < -0.39 is 0 Å². The average molecular weight is 319 g/mol. The van der Waals surface area contributed by atoms with Crippen molar-refractivity contribution < 1.29 is 0 Å². The summed E-state index contributed by atoms with van der Waals surface area (Å²) in [7, 11) is 0. The molecule has 110 valence electrons. The van der Waals surface area contributed by atoms with Crippen molar-refractivity contribution in [2.24, 2.45) is 5.10 Å². The van der Waals surface area contributed by atoms with Crippen LogP contribution in [0.15, 0.2) is 35.4 Å². The van der Waals surface area contributed by atoms with Gasteiger partial charge < -0.3 is 5.32 Å². The summed E-state index contributed by atoms with van der Waals surface area (Å²) < 4.78 is 2.11. The summed E-state index contributed by atoms with van der Waals surface area (Å²) in [5.41, 5.74) is 6.02. The second-order valence-corrected chi connectivity index (χ2v) is 5.63. The lowest BCUT2D eigenvalue weighted by molar-refractivity contribution is 0.938. The molecule has 0 aromatic carbocycles. The Kier molecular flexibility index (Phi) is 5.24. The maximum atomic E-state index is 5.07. The standard InChI is InChI=1S/C14H17N5S2/c1-4-5-15-13(20)18-17-9-12-8-10(2)19(11(12)3)14-16-6-7-21-14/h4,6-9H,1,5H2,2-3H3,(H2,15,18,20)/b17-9-. The lowest BCUT2D eigenvalue weighted by Gasteiger charge is -2.04. The first kappa shape index (κ1) is 15.4. The Hall–Kier alpha value is -1.99. The Morgan fingerprint density at radius 2 is 2.38 bits per heavy atom. The van der Waals surface area contributed by atoms with Crippen molar-refractivity contribution in [1.29, 1.82) is 0 Å². The van der Waals surface area contributed by atoms with Gasteiger partial charge in [-0.1, -0.05) is 6.08 Å². The molecule has 0 bridgehead atoms. The molecular weight excluding hydrogens is 302 g/mol. The van der Waals surface area contributed by atoms with Crippen molar-refractivity contribution in [2.75, 3.05) is 6.54 Å². The molecule has 0 amide bonds. The molecule has 0 aliphatic carbocycles. The van der Waals surface area contributed by atoms with Gasteiger partial charge >= 0.3 is 0 Å². The quantitative estimate of drug-likeness (QED) is 0.385. The summed E-state index contributed by atoms with van der Waals surface area (Å²) in [5, 5.41) is 10.5. The van der Waals surface area contributed by atoms with Crippen molar-refractivity contribution in [3.63, 3.8) is 0 Å². The molecule has 2 N–H and O–H groups in total. The zero-order chi connectivity index (χ0) is 15.2. The maximum absolute atomic E-state index is 5.07. The molecule has 0 aliphatic heterocycles. The Labute approximate surface area is 133 Å². The number of thiocarbonyl (C=S) groups is 1. The first-order chi connectivity index (χ1) is 10.1. The van der Waals surface area contributed by atoms with E-state index in [2.05, 4.69) is 45.0 Å². The Morgan fingerprint density at radius 3 is 3.05 bits per heavy atom. The molecule has 0 fully saturated rings. The molecule has 2 aromatic rings. The summed E-state index contributed by atoms with van der Waals surface area (Å²) in [4.78, 5) is 4.34. The van der Waals surface area contributed by atoms with E-state index in [1.807, 2.05) is 12.3 Å². The molecule has 0 saturated carbocycles. The number of aryl methyl sites for hydroxylation is 1. The number of thiazole rings is 1. The van der Waals surface area contributed by atoms with Crippen LogP contribution in [0.5, 0.6) is 0 Å². The minimum absolute atomic E-state index is 0.472. The van der Waals surface area contributed by atoms with Crippen molar-refractivity contribution >= 4 is 34.9 Å². The van der Waals surface area contributed by atoms with Gasteiger partial charge in [-0.2, -0.15) is 5.10 Å². The van der Waals surface area contributed by atoms with E-state index in [0.29, 0.717) is 11.7 Å². The van der Waals surface area contributed by atoms with Crippen LogP contribution in [0.25, 0.3) is 5.13 Å². The zero-order valence-corrected chi connectivity index (χ0v) is 13.6. The highest BCUT2D eigenvalue weighted by atomic mass is 32.1. The van der Waals surface area contributed by atoms with Crippen LogP contribution in [0.1, 0.15) is 17.0 Å². The van der Waals surface area contributed by atoms with Gasteiger partial charge in [-0.15, -0.1) is 17.9 Å². The minimum atomic E-state index is 0.472. The fourth-order valence-electron chi connectivity index (χ4n) is 1.90. The van der Waals surface area contributed by atoms with Gasteiger partial charge in [0.25, 0.3) is 0 Å². The molecule has 0 saturated heterocycles. The van der Waals surface area contributed by atoms with E-state index in [1.54, 1.807) is 29.8 Å². The molecule has 2 heterocycles. The summed E-state index contributed by atoms with van der Waals surface area (Å²) in [6.07, 6.45) is 5.30. The van der Waals surface area contributed by atoms with Crippen molar-refractivity contribution in [3.8, 4) is 5.13 Å². The van der Waals surface area contributed by atoms with Crippen LogP contribution in [-0.2, 0) is 0 Å². The molecule has 7 heteroatoms. The molecule has 0 aliphatic rings. The molecule has 0 radical (unpaired) electrons. The van der Waals surface area contributed by atoms with Gasteiger partial charge in [-0.25, -0.2) is 4.98 Å². The summed E-state index contributed by atoms with van der Waals surface area (Å²) in [6.45, 7) is 8.32. The summed E-state index contributed by atoms with van der Waals surface area (Å²) in [6, 6.07) is 2.07. The number of hydrogen-bond acceptors (Lipinski definition) is 4. The van der Waals surface area contributed by atoms with Crippen molar-refractivity contribution in [3.05, 3.63) is 47.2 Å². The van der Waals surface area contributed by atoms with Crippen LogP contribution in [0.3, 0.4) is 0 Å². The number of rotatable bonds is 5. The highest BCUT2D eigenvalue weighted by Gasteiger charge is 2.10. The fraction of sp³-hybridized carbons (Fsp3) is 0.214. The highest BCUT2D eigenvalue weighted by molar-refractivity contribution is 7.80. The third-order valence-corrected chi connectivity index (χ3v) is 3.85. The van der Waals surface area contributed by atoms with Gasteiger partial charge in [-0.3, -0.25) is 9.99 Å². The lowest BCUT2D eigenvalue weighted by Crippen LogP contribution is -2.31. The van der Waals surface area contributed by atoms with Gasteiger partial charge in [0, 0.05) is 35.1 Å². The monoisotopic (exact) mass is 319 g/mol. The number of hydrazone groups is 1. The van der Waals surface area contributed by atoms with Crippen LogP contribution >= 0.6 is 23.6 Å². The van der Waals surface area contributed by atoms with E-state index in [0.717, 1.165) is 22.1 Å². The molecule has 2 rings (SSSR count). The molecular formula is C14H17N5S2. The minimum Gasteiger partial charge on any atom is -0.358 e. The van der Waals surface area contributed by atoms with Crippen LogP contribution < -0.4 is 10.7 Å². The smallest absolute Gasteiger partial charge is 0.193 e. The van der Waals surface area contributed by atoms with Gasteiger partial charge in [0.2, 0.25) is 0 Å². The second kappa shape index (κ2) is 7.14. The van der Waals surface area contributed by atoms with Crippen LogP contribution in [-0.4, -0.2) is 27.4 Å². The Bertz CT molecular complexity index is 655. The first-order valence-corrected chi connectivity index (χ1v) is 7.69. The first-order valence-electron chi connectivity index (χ1n) is 6.40. The van der Waals surface area contributed by atoms with Crippen LogP contribution in [0.4, 0.5) is 0 Å². The van der Waals surface area contributed by atoms with E-state index in [-0.39, 0.29) is 0 Å². The van der Waals surface area contributed by atoms with Gasteiger partial charge in [0.05, 0.1) is 6.21 Å². The third kappa shape index (κ3) is 3.77. The number of aromatic nitrogens is 2. The Morgan fingerprint density at radius 1 is 1.57 bits per heavy atom. The van der Waals surface area contributed by atoms with Crippen molar-refractivity contribution in [2.45, 2.75) is 13.8 Å². The maximum Gasteiger partial charge on any atom is 0.193 e. The Balaban J connectivity index is 2.10. The van der Waals surface area contributed by atoms with Crippen LogP contribution in [0.2, 0.25) is 0 Å². The van der Waals surface area contributed by atoms with Gasteiger partial charge in [0.15, 0.2) is 10.2 Å². The second-order valence-electron chi connectivity index (χ2n) is 4.35. The molecule has 0 spiro atoms. The predicted octanol–water partition coefficient (Wildman–Crippen LogP) is 2.53. The largest absolute Gasteiger partial charge is 0.358 e. The average Bonchev–Trinajstić information content (AvgIpc) is 3.05. The van der Waals surface area contributed by atoms with E-state index in [9.17, 15) is 0 Å². The van der Waals surface area contributed by atoms with Crippen molar-refractivity contribution in [1.82, 2.24) is 20.3 Å². The molecule has 0 unspecified atom stereocenters. The fourth-order valence-corrected chi connectivity index (χ4v) is 2.79. The number of nitrogens with one attached hydrogen (secondary N) is 2. The van der Waals surface area contributed by atoms with E-state index >= 15 is 0 Å². The molecule has 21 heavy (non-hydrogen) atoms.